The Morgan fingerprint density at radius 2 is 1.20 bits per heavy atom. The number of hydrogen-bond donors (Lipinski definition) is 0. The van der Waals surface area contributed by atoms with E-state index in [1.165, 1.54) is 20.2 Å². The first-order valence-corrected chi connectivity index (χ1v) is 17.4. The van der Waals surface area contributed by atoms with Crippen molar-refractivity contribution in [2.45, 2.75) is 0 Å². The summed E-state index contributed by atoms with van der Waals surface area (Å²) < 4.78 is 9.30. The summed E-state index contributed by atoms with van der Waals surface area (Å²) >= 11 is 1.83. The molecule has 0 bridgehead atoms. The van der Waals surface area contributed by atoms with E-state index in [1.807, 2.05) is 53.9 Å². The summed E-state index contributed by atoms with van der Waals surface area (Å²) in [5.74, 6) is 0.659. The molecular weight excluding hydrogens is 631 g/mol. The van der Waals surface area contributed by atoms with Crippen LogP contribution >= 0.6 is 11.3 Å². The highest BCUT2D eigenvalue weighted by Gasteiger charge is 2.20. The Bertz CT molecular complexity index is 2870. The Kier molecular flexibility index (Phi) is 6.64. The number of fused-ring (bicyclic) bond motifs is 6. The molecule has 0 aliphatic rings. The Hall–Kier alpha value is -6.43. The molecule has 0 saturated heterocycles. The molecule has 4 heterocycles. The van der Waals surface area contributed by atoms with Crippen molar-refractivity contribution in [2.75, 3.05) is 0 Å². The lowest BCUT2D eigenvalue weighted by Gasteiger charge is -2.12. The molecule has 0 amide bonds. The summed E-state index contributed by atoms with van der Waals surface area (Å²) in [5.41, 5.74) is 10.6. The SMILES string of the molecule is c1ccc(-c2cc(-c3ccc(-c4ccc5sc6ccccc6c5c4)c4oc5ccccc5c34)nc(-c3cccc(-c4cccnc4)c3)n2)cc1. The topological polar surface area (TPSA) is 51.8 Å². The molecule has 0 N–H and O–H groups in total. The fourth-order valence-electron chi connectivity index (χ4n) is 7.01. The molecule has 0 spiro atoms. The first-order chi connectivity index (χ1) is 24.8. The Morgan fingerprint density at radius 1 is 0.460 bits per heavy atom. The van der Waals surface area contributed by atoms with Crippen molar-refractivity contribution >= 4 is 53.4 Å². The zero-order valence-corrected chi connectivity index (χ0v) is 27.6. The smallest absolute Gasteiger partial charge is 0.160 e. The second-order valence-electron chi connectivity index (χ2n) is 12.4. The van der Waals surface area contributed by atoms with Crippen LogP contribution in [0.1, 0.15) is 0 Å². The van der Waals surface area contributed by atoms with Crippen molar-refractivity contribution in [1.29, 1.82) is 0 Å². The first-order valence-electron chi connectivity index (χ1n) is 16.6. The molecule has 0 radical (unpaired) electrons. The Labute approximate surface area is 292 Å². The van der Waals surface area contributed by atoms with Gasteiger partial charge in [-0.05, 0) is 59.7 Å². The van der Waals surface area contributed by atoms with Crippen LogP contribution in [0.4, 0.5) is 0 Å². The Balaban J connectivity index is 1.20. The van der Waals surface area contributed by atoms with Crippen LogP contribution in [-0.2, 0) is 0 Å². The number of aromatic nitrogens is 3. The first kappa shape index (κ1) is 28.6. The second kappa shape index (κ2) is 11.6. The third-order valence-corrected chi connectivity index (χ3v) is 10.6. The van der Waals surface area contributed by atoms with Crippen molar-refractivity contribution in [1.82, 2.24) is 15.0 Å². The maximum Gasteiger partial charge on any atom is 0.160 e. The van der Waals surface area contributed by atoms with Gasteiger partial charge in [0.1, 0.15) is 11.2 Å². The number of para-hydroxylation sites is 1. The lowest BCUT2D eigenvalue weighted by atomic mass is 9.95. The lowest BCUT2D eigenvalue weighted by molar-refractivity contribution is 0.670. The summed E-state index contributed by atoms with van der Waals surface area (Å²) in [6, 6.07) is 52.8. The minimum atomic E-state index is 0.659. The molecule has 0 saturated carbocycles. The van der Waals surface area contributed by atoms with E-state index < -0.39 is 0 Å². The summed E-state index contributed by atoms with van der Waals surface area (Å²) in [6.45, 7) is 0. The normalized spacial score (nSPS) is 11.6. The molecule has 50 heavy (non-hydrogen) atoms. The van der Waals surface area contributed by atoms with E-state index in [0.717, 1.165) is 72.3 Å². The molecule has 234 valence electrons. The predicted octanol–water partition coefficient (Wildman–Crippen LogP) is 12.5. The standard InChI is InChI=1S/C45H27N3OS/c1-2-10-28(11-3-1)38-26-39(48-45(47-38)31-13-8-12-29(24-31)32-14-9-23-46-27-32)35-21-20-33(44-43(35)36-16-4-6-17-40(36)49-44)30-19-22-42-37(25-30)34-15-5-7-18-41(34)50-42/h1-27H. The summed E-state index contributed by atoms with van der Waals surface area (Å²) in [7, 11) is 0. The van der Waals surface area contributed by atoms with Crippen molar-refractivity contribution < 1.29 is 4.42 Å². The quantitative estimate of drug-likeness (QED) is 0.185. The number of pyridine rings is 1. The van der Waals surface area contributed by atoms with E-state index >= 15 is 0 Å². The molecule has 10 rings (SSSR count). The average molecular weight is 658 g/mol. The van der Waals surface area contributed by atoms with Crippen molar-refractivity contribution in [2.24, 2.45) is 0 Å². The van der Waals surface area contributed by atoms with E-state index in [-0.39, 0.29) is 0 Å². The fourth-order valence-corrected chi connectivity index (χ4v) is 8.09. The van der Waals surface area contributed by atoms with E-state index in [2.05, 4.69) is 120 Å². The molecule has 0 aliphatic heterocycles. The summed E-state index contributed by atoms with van der Waals surface area (Å²) in [4.78, 5) is 14.7. The lowest BCUT2D eigenvalue weighted by Crippen LogP contribution is -1.97. The monoisotopic (exact) mass is 657 g/mol. The summed E-state index contributed by atoms with van der Waals surface area (Å²) in [5, 5.41) is 4.64. The van der Waals surface area contributed by atoms with Gasteiger partial charge < -0.3 is 4.42 Å². The molecule has 6 aromatic carbocycles. The van der Waals surface area contributed by atoms with Gasteiger partial charge in [-0.3, -0.25) is 4.98 Å². The van der Waals surface area contributed by atoms with Gasteiger partial charge in [-0.1, -0.05) is 103 Å². The maximum absolute atomic E-state index is 6.73. The van der Waals surface area contributed by atoms with Crippen LogP contribution in [0.5, 0.6) is 0 Å². The van der Waals surface area contributed by atoms with E-state index in [0.29, 0.717) is 5.82 Å². The van der Waals surface area contributed by atoms with Gasteiger partial charge in [-0.15, -0.1) is 11.3 Å². The van der Waals surface area contributed by atoms with Crippen molar-refractivity contribution in [3.05, 3.63) is 164 Å². The van der Waals surface area contributed by atoms with Gasteiger partial charge in [0.25, 0.3) is 0 Å². The van der Waals surface area contributed by atoms with Gasteiger partial charge >= 0.3 is 0 Å². The molecule has 4 nitrogen and oxygen atoms in total. The molecule has 0 unspecified atom stereocenters. The highest BCUT2D eigenvalue weighted by atomic mass is 32.1. The molecule has 5 heteroatoms. The molecule has 0 aliphatic carbocycles. The van der Waals surface area contributed by atoms with Crippen LogP contribution in [0.3, 0.4) is 0 Å². The molecule has 0 fully saturated rings. The van der Waals surface area contributed by atoms with Crippen LogP contribution in [0.25, 0.3) is 98.3 Å². The number of thiophene rings is 1. The van der Waals surface area contributed by atoms with Crippen molar-refractivity contribution in [3.63, 3.8) is 0 Å². The van der Waals surface area contributed by atoms with Gasteiger partial charge in [0.05, 0.1) is 11.4 Å². The maximum atomic E-state index is 6.73. The minimum Gasteiger partial charge on any atom is -0.455 e. The van der Waals surface area contributed by atoms with Gasteiger partial charge in [-0.25, -0.2) is 9.97 Å². The predicted molar refractivity (Wildman–Crippen MR) is 207 cm³/mol. The third-order valence-electron chi connectivity index (χ3n) is 9.40. The van der Waals surface area contributed by atoms with Gasteiger partial charge in [0, 0.05) is 71.2 Å². The number of rotatable bonds is 5. The van der Waals surface area contributed by atoms with E-state index in [9.17, 15) is 0 Å². The fraction of sp³-hybridized carbons (Fsp3) is 0. The molecular formula is C45H27N3OS. The third kappa shape index (κ3) is 4.79. The van der Waals surface area contributed by atoms with Crippen LogP contribution in [0, 0.1) is 0 Å². The second-order valence-corrected chi connectivity index (χ2v) is 13.5. The van der Waals surface area contributed by atoms with Gasteiger partial charge in [-0.2, -0.15) is 0 Å². The van der Waals surface area contributed by atoms with Gasteiger partial charge in [0.2, 0.25) is 0 Å². The summed E-state index contributed by atoms with van der Waals surface area (Å²) in [6.07, 6.45) is 3.67. The zero-order valence-electron chi connectivity index (χ0n) is 26.7. The number of nitrogens with zero attached hydrogens (tertiary/aromatic N) is 3. The highest BCUT2D eigenvalue weighted by Crippen LogP contribution is 2.44. The molecule has 10 aromatic rings. The van der Waals surface area contributed by atoms with E-state index in [4.69, 9.17) is 14.4 Å². The average Bonchev–Trinajstić information content (AvgIpc) is 3.77. The Morgan fingerprint density at radius 3 is 2.10 bits per heavy atom. The van der Waals surface area contributed by atoms with Crippen LogP contribution in [-0.4, -0.2) is 15.0 Å². The van der Waals surface area contributed by atoms with E-state index in [1.54, 1.807) is 6.20 Å². The molecule has 0 atom stereocenters. The van der Waals surface area contributed by atoms with Crippen LogP contribution in [0.15, 0.2) is 168 Å². The zero-order chi connectivity index (χ0) is 33.0. The minimum absolute atomic E-state index is 0.659. The number of benzene rings is 6. The number of hydrogen-bond acceptors (Lipinski definition) is 5. The van der Waals surface area contributed by atoms with Gasteiger partial charge in [0.15, 0.2) is 5.82 Å². The molecule has 4 aromatic heterocycles. The largest absolute Gasteiger partial charge is 0.455 e. The highest BCUT2D eigenvalue weighted by molar-refractivity contribution is 7.25. The van der Waals surface area contributed by atoms with Crippen LogP contribution in [0.2, 0.25) is 0 Å². The van der Waals surface area contributed by atoms with Crippen LogP contribution < -0.4 is 0 Å². The number of furan rings is 1. The van der Waals surface area contributed by atoms with Crippen molar-refractivity contribution in [3.8, 4) is 56.2 Å².